The fourth-order valence-corrected chi connectivity index (χ4v) is 1.21. The summed E-state index contributed by atoms with van der Waals surface area (Å²) in [6.45, 7) is 0.0473. The van der Waals surface area contributed by atoms with E-state index in [4.69, 9.17) is 4.74 Å². The second-order valence-corrected chi connectivity index (χ2v) is 3.28. The van der Waals surface area contributed by atoms with Crippen LogP contribution in [0.5, 0.6) is 5.75 Å². The van der Waals surface area contributed by atoms with Crippen LogP contribution in [0.3, 0.4) is 0 Å². The number of nitro groups is 1. The van der Waals surface area contributed by atoms with E-state index in [9.17, 15) is 23.3 Å². The van der Waals surface area contributed by atoms with Gasteiger partial charge in [0.1, 0.15) is 17.9 Å². The Morgan fingerprint density at radius 1 is 1.33 bits per heavy atom. The topological polar surface area (TPSA) is 61.6 Å². The Morgan fingerprint density at radius 3 is 2.50 bits per heavy atom. The van der Waals surface area contributed by atoms with Crippen molar-refractivity contribution in [2.24, 2.45) is 0 Å². The highest BCUT2D eigenvalue weighted by Gasteiger charge is 2.36. The van der Waals surface area contributed by atoms with Gasteiger partial charge in [0, 0.05) is 19.2 Å². The predicted octanol–water partition coefficient (Wildman–Crippen LogP) is 2.64. The third-order valence-electron chi connectivity index (χ3n) is 2.02. The Bertz CT molecular complexity index is 434. The first-order valence-corrected chi connectivity index (χ1v) is 4.83. The quantitative estimate of drug-likeness (QED) is 0.466. The minimum Gasteiger partial charge on any atom is -0.491 e. The second-order valence-electron chi connectivity index (χ2n) is 3.28. The number of benzene rings is 1. The number of rotatable bonds is 5. The van der Waals surface area contributed by atoms with Crippen LogP contribution in [0.25, 0.3) is 0 Å². The SMILES string of the molecule is COCCOc1ccc([N+](=O)[O-])cc1C(F)(F)F. The summed E-state index contributed by atoms with van der Waals surface area (Å²) in [6.07, 6.45) is -4.71. The van der Waals surface area contributed by atoms with Gasteiger partial charge in [-0.1, -0.05) is 0 Å². The van der Waals surface area contributed by atoms with Crippen molar-refractivity contribution in [3.05, 3.63) is 33.9 Å². The van der Waals surface area contributed by atoms with E-state index in [1.165, 1.54) is 7.11 Å². The number of hydrogen-bond acceptors (Lipinski definition) is 4. The maximum Gasteiger partial charge on any atom is 0.420 e. The molecule has 100 valence electrons. The van der Waals surface area contributed by atoms with Gasteiger partial charge in [-0.2, -0.15) is 13.2 Å². The summed E-state index contributed by atoms with van der Waals surface area (Å²) in [5, 5.41) is 10.4. The van der Waals surface area contributed by atoms with Crippen LogP contribution >= 0.6 is 0 Å². The summed E-state index contributed by atoms with van der Waals surface area (Å²) < 4.78 is 47.5. The van der Waals surface area contributed by atoms with Crippen LogP contribution in [-0.2, 0) is 10.9 Å². The molecule has 0 saturated heterocycles. The average molecular weight is 265 g/mol. The van der Waals surface area contributed by atoms with Gasteiger partial charge in [-0.3, -0.25) is 10.1 Å². The smallest absolute Gasteiger partial charge is 0.420 e. The van der Waals surface area contributed by atoms with Crippen molar-refractivity contribution >= 4 is 5.69 Å². The fraction of sp³-hybridized carbons (Fsp3) is 0.400. The van der Waals surface area contributed by atoms with Gasteiger partial charge in [-0.25, -0.2) is 0 Å². The molecule has 0 aliphatic carbocycles. The van der Waals surface area contributed by atoms with Gasteiger partial charge in [0.25, 0.3) is 5.69 Å². The molecule has 0 N–H and O–H groups in total. The summed E-state index contributed by atoms with van der Waals surface area (Å²) in [6, 6.07) is 2.33. The van der Waals surface area contributed by atoms with Gasteiger partial charge in [0.05, 0.1) is 11.5 Å². The molecule has 0 amide bonds. The molecule has 0 bridgehead atoms. The van der Waals surface area contributed by atoms with Gasteiger partial charge in [-0.15, -0.1) is 0 Å². The maximum atomic E-state index is 12.7. The number of hydrogen-bond donors (Lipinski definition) is 0. The zero-order valence-electron chi connectivity index (χ0n) is 9.36. The number of methoxy groups -OCH3 is 1. The van der Waals surface area contributed by atoms with E-state index in [1.807, 2.05) is 0 Å². The van der Waals surface area contributed by atoms with Crippen molar-refractivity contribution in [3.63, 3.8) is 0 Å². The lowest BCUT2D eigenvalue weighted by molar-refractivity contribution is -0.385. The van der Waals surface area contributed by atoms with Crippen molar-refractivity contribution in [1.82, 2.24) is 0 Å². The molecule has 0 atom stereocenters. The van der Waals surface area contributed by atoms with Crippen LogP contribution in [0.15, 0.2) is 18.2 Å². The summed E-state index contributed by atoms with van der Waals surface area (Å²) >= 11 is 0. The summed E-state index contributed by atoms with van der Waals surface area (Å²) in [5.41, 5.74) is -1.81. The Morgan fingerprint density at radius 2 is 2.00 bits per heavy atom. The third-order valence-corrected chi connectivity index (χ3v) is 2.02. The van der Waals surface area contributed by atoms with E-state index in [0.717, 1.165) is 12.1 Å². The predicted molar refractivity (Wildman–Crippen MR) is 55.5 cm³/mol. The van der Waals surface area contributed by atoms with Gasteiger partial charge in [-0.05, 0) is 6.07 Å². The molecular formula is C10H10F3NO4. The second kappa shape index (κ2) is 5.67. The molecule has 0 spiro atoms. The molecule has 0 heterocycles. The highest BCUT2D eigenvalue weighted by Crippen LogP contribution is 2.38. The molecule has 1 rings (SSSR count). The zero-order chi connectivity index (χ0) is 13.8. The Kier molecular flexibility index (Phi) is 4.49. The average Bonchev–Trinajstić information content (AvgIpc) is 2.28. The molecule has 0 aliphatic rings. The lowest BCUT2D eigenvalue weighted by Gasteiger charge is -2.13. The van der Waals surface area contributed by atoms with Crippen molar-refractivity contribution in [2.75, 3.05) is 20.3 Å². The van der Waals surface area contributed by atoms with E-state index >= 15 is 0 Å². The van der Waals surface area contributed by atoms with Crippen molar-refractivity contribution in [3.8, 4) is 5.75 Å². The molecule has 1 aromatic rings. The summed E-state index contributed by atoms with van der Waals surface area (Å²) in [5.74, 6) is -0.454. The monoisotopic (exact) mass is 265 g/mol. The highest BCUT2D eigenvalue weighted by molar-refractivity contribution is 5.45. The lowest BCUT2D eigenvalue weighted by Crippen LogP contribution is -2.12. The molecule has 8 heteroatoms. The first kappa shape index (κ1) is 14.2. The molecular weight excluding hydrogens is 255 g/mol. The normalized spacial score (nSPS) is 11.3. The number of non-ortho nitro benzene ring substituents is 1. The molecule has 0 aliphatic heterocycles. The molecule has 0 radical (unpaired) electrons. The van der Waals surface area contributed by atoms with Crippen LogP contribution in [0, 0.1) is 10.1 Å². The van der Waals surface area contributed by atoms with Crippen LogP contribution in [0.1, 0.15) is 5.56 Å². The van der Waals surface area contributed by atoms with Gasteiger partial charge in [0.2, 0.25) is 0 Å². The van der Waals surface area contributed by atoms with Gasteiger partial charge >= 0.3 is 6.18 Å². The molecule has 0 saturated carbocycles. The summed E-state index contributed by atoms with van der Waals surface area (Å²) in [4.78, 5) is 9.53. The van der Waals surface area contributed by atoms with Gasteiger partial charge < -0.3 is 9.47 Å². The standard InChI is InChI=1S/C10H10F3NO4/c1-17-4-5-18-9-3-2-7(14(15)16)6-8(9)10(11,12)13/h2-3,6H,4-5H2,1H3. The maximum absolute atomic E-state index is 12.7. The van der Waals surface area contributed by atoms with Gasteiger partial charge in [0.15, 0.2) is 0 Å². The van der Waals surface area contributed by atoms with E-state index < -0.39 is 28.1 Å². The molecule has 1 aromatic carbocycles. The van der Waals surface area contributed by atoms with Crippen molar-refractivity contribution < 1.29 is 27.6 Å². The summed E-state index contributed by atoms with van der Waals surface area (Å²) in [7, 11) is 1.38. The molecule has 0 unspecified atom stereocenters. The number of ether oxygens (including phenoxy) is 2. The minimum absolute atomic E-state index is 0.0720. The fourth-order valence-electron chi connectivity index (χ4n) is 1.21. The van der Waals surface area contributed by atoms with E-state index in [2.05, 4.69) is 4.74 Å². The lowest BCUT2D eigenvalue weighted by atomic mass is 10.1. The first-order valence-electron chi connectivity index (χ1n) is 4.83. The van der Waals surface area contributed by atoms with Crippen LogP contribution in [0.2, 0.25) is 0 Å². The molecule has 18 heavy (non-hydrogen) atoms. The van der Waals surface area contributed by atoms with E-state index in [-0.39, 0.29) is 13.2 Å². The first-order chi connectivity index (χ1) is 8.36. The number of nitrogens with zero attached hydrogens (tertiary/aromatic N) is 1. The van der Waals surface area contributed by atoms with Crippen LogP contribution in [0.4, 0.5) is 18.9 Å². The number of nitro benzene ring substituents is 1. The molecule has 0 aromatic heterocycles. The van der Waals surface area contributed by atoms with E-state index in [0.29, 0.717) is 6.07 Å². The van der Waals surface area contributed by atoms with Crippen LogP contribution < -0.4 is 4.74 Å². The number of alkyl halides is 3. The third kappa shape index (κ3) is 3.59. The number of halogens is 3. The van der Waals surface area contributed by atoms with Crippen LogP contribution in [-0.4, -0.2) is 25.2 Å². The Balaban J connectivity index is 3.05. The zero-order valence-corrected chi connectivity index (χ0v) is 9.36. The van der Waals surface area contributed by atoms with E-state index in [1.54, 1.807) is 0 Å². The largest absolute Gasteiger partial charge is 0.491 e. The molecule has 5 nitrogen and oxygen atoms in total. The Hall–Kier alpha value is -1.83. The van der Waals surface area contributed by atoms with Crippen molar-refractivity contribution in [2.45, 2.75) is 6.18 Å². The Labute approximate surface area is 100 Å². The highest BCUT2D eigenvalue weighted by atomic mass is 19.4. The molecule has 0 fully saturated rings. The van der Waals surface area contributed by atoms with Crippen molar-refractivity contribution in [1.29, 1.82) is 0 Å². The minimum atomic E-state index is -4.71.